The molecule has 2 rings (SSSR count). The van der Waals surface area contributed by atoms with Crippen LogP contribution >= 0.6 is 0 Å². The molecule has 0 aromatic rings. The summed E-state index contributed by atoms with van der Waals surface area (Å²) in [6, 6.07) is 0. The minimum Gasteiger partial charge on any atom is -0.330 e. The van der Waals surface area contributed by atoms with Crippen molar-refractivity contribution in [3.05, 3.63) is 0 Å². The van der Waals surface area contributed by atoms with Crippen molar-refractivity contribution in [2.45, 2.75) is 56.6 Å². The molecule has 2 fully saturated rings. The molecule has 94 valence electrons. The molecule has 0 amide bonds. The van der Waals surface area contributed by atoms with Gasteiger partial charge in [-0.1, -0.05) is 19.3 Å². The largest absolute Gasteiger partial charge is 0.330 e. The smallest absolute Gasteiger partial charge is 0.153 e. The van der Waals surface area contributed by atoms with E-state index in [1.54, 1.807) is 0 Å². The minimum atomic E-state index is -2.86. The first kappa shape index (κ1) is 12.4. The summed E-state index contributed by atoms with van der Waals surface area (Å²) in [4.78, 5) is 0. The summed E-state index contributed by atoms with van der Waals surface area (Å²) in [5.41, 5.74) is 5.63. The van der Waals surface area contributed by atoms with Gasteiger partial charge in [-0.05, 0) is 44.1 Å². The van der Waals surface area contributed by atoms with E-state index in [0.29, 0.717) is 12.3 Å². The van der Waals surface area contributed by atoms with Crippen molar-refractivity contribution in [3.8, 4) is 0 Å². The predicted octanol–water partition coefficient (Wildman–Crippen LogP) is 1.86. The minimum absolute atomic E-state index is 0.0449. The quantitative estimate of drug-likeness (QED) is 0.804. The molecule has 0 saturated heterocycles. The Labute approximate surface area is 98.7 Å². The van der Waals surface area contributed by atoms with Gasteiger partial charge in [0.15, 0.2) is 9.84 Å². The molecule has 0 bridgehead atoms. The summed E-state index contributed by atoms with van der Waals surface area (Å²) >= 11 is 0. The predicted molar refractivity (Wildman–Crippen MR) is 66.0 cm³/mol. The average Bonchev–Trinajstić information content (AvgIpc) is 2.99. The third-order valence-corrected chi connectivity index (χ3v) is 6.70. The van der Waals surface area contributed by atoms with Crippen molar-refractivity contribution in [2.24, 2.45) is 11.1 Å². The number of nitrogens with two attached hydrogens (primary N) is 1. The fraction of sp³-hybridized carbons (Fsp3) is 1.00. The first-order valence-corrected chi connectivity index (χ1v) is 8.21. The van der Waals surface area contributed by atoms with E-state index in [9.17, 15) is 8.42 Å². The van der Waals surface area contributed by atoms with Crippen LogP contribution < -0.4 is 5.73 Å². The van der Waals surface area contributed by atoms with Crippen molar-refractivity contribution in [3.63, 3.8) is 0 Å². The van der Waals surface area contributed by atoms with Gasteiger partial charge in [-0.2, -0.15) is 0 Å². The highest BCUT2D eigenvalue weighted by molar-refractivity contribution is 7.92. The normalized spacial score (nSPS) is 25.6. The maximum absolute atomic E-state index is 12.3. The summed E-state index contributed by atoms with van der Waals surface area (Å²) in [6.07, 6.45) is 8.19. The number of sulfone groups is 1. The van der Waals surface area contributed by atoms with E-state index >= 15 is 0 Å². The SMILES string of the molecule is NCCC1(CS(=O)(=O)C2CCCCC2)CC1. The maximum Gasteiger partial charge on any atom is 0.153 e. The fourth-order valence-corrected chi connectivity index (χ4v) is 5.49. The maximum atomic E-state index is 12.3. The van der Waals surface area contributed by atoms with Crippen molar-refractivity contribution < 1.29 is 8.42 Å². The van der Waals surface area contributed by atoms with Gasteiger partial charge in [0, 0.05) is 0 Å². The molecule has 2 aliphatic carbocycles. The molecule has 4 heteroatoms. The lowest BCUT2D eigenvalue weighted by atomic mass is 10.0. The average molecular weight is 245 g/mol. The van der Waals surface area contributed by atoms with Crippen LogP contribution in [-0.2, 0) is 9.84 Å². The zero-order chi connectivity index (χ0) is 11.6. The lowest BCUT2D eigenvalue weighted by molar-refractivity contribution is 0.465. The van der Waals surface area contributed by atoms with Crippen LogP contribution in [0.25, 0.3) is 0 Å². The molecule has 0 aliphatic heterocycles. The molecule has 0 atom stereocenters. The number of hydrogen-bond donors (Lipinski definition) is 1. The topological polar surface area (TPSA) is 60.2 Å². The lowest BCUT2D eigenvalue weighted by Crippen LogP contribution is -2.31. The van der Waals surface area contributed by atoms with Crippen LogP contribution in [-0.4, -0.2) is 26.0 Å². The van der Waals surface area contributed by atoms with E-state index in [1.807, 2.05) is 0 Å². The Morgan fingerprint density at radius 2 is 1.75 bits per heavy atom. The molecule has 0 aromatic heterocycles. The van der Waals surface area contributed by atoms with Gasteiger partial charge in [-0.25, -0.2) is 8.42 Å². The molecule has 2 saturated carbocycles. The van der Waals surface area contributed by atoms with Gasteiger partial charge in [-0.3, -0.25) is 0 Å². The molecular weight excluding hydrogens is 222 g/mol. The van der Waals surface area contributed by atoms with E-state index in [4.69, 9.17) is 5.73 Å². The fourth-order valence-electron chi connectivity index (χ4n) is 2.92. The second-order valence-electron chi connectivity index (χ2n) is 5.61. The molecule has 2 N–H and O–H groups in total. The van der Waals surface area contributed by atoms with Gasteiger partial charge in [0.1, 0.15) is 0 Å². The Morgan fingerprint density at radius 3 is 2.25 bits per heavy atom. The van der Waals surface area contributed by atoms with E-state index < -0.39 is 9.84 Å². The highest BCUT2D eigenvalue weighted by Crippen LogP contribution is 2.50. The van der Waals surface area contributed by atoms with E-state index in [0.717, 1.165) is 44.9 Å². The Hall–Kier alpha value is -0.0900. The molecule has 3 nitrogen and oxygen atoms in total. The van der Waals surface area contributed by atoms with Gasteiger partial charge >= 0.3 is 0 Å². The first-order valence-electron chi connectivity index (χ1n) is 6.50. The molecular formula is C12H23NO2S. The van der Waals surface area contributed by atoms with Gasteiger partial charge in [-0.15, -0.1) is 0 Å². The van der Waals surface area contributed by atoms with Crippen LogP contribution in [0, 0.1) is 5.41 Å². The molecule has 0 heterocycles. The Morgan fingerprint density at radius 1 is 1.12 bits per heavy atom. The number of hydrogen-bond acceptors (Lipinski definition) is 3. The highest BCUT2D eigenvalue weighted by atomic mass is 32.2. The molecule has 0 spiro atoms. The monoisotopic (exact) mass is 245 g/mol. The first-order chi connectivity index (χ1) is 7.58. The third kappa shape index (κ3) is 2.77. The summed E-state index contributed by atoms with van der Waals surface area (Å²) in [6.45, 7) is 0.625. The van der Waals surface area contributed by atoms with Crippen LogP contribution in [0.5, 0.6) is 0 Å². The number of rotatable bonds is 5. The second-order valence-corrected chi connectivity index (χ2v) is 7.89. The van der Waals surface area contributed by atoms with Crippen LogP contribution in [0.1, 0.15) is 51.4 Å². The summed E-state index contributed by atoms with van der Waals surface area (Å²) in [5, 5.41) is -0.0449. The van der Waals surface area contributed by atoms with E-state index in [1.165, 1.54) is 6.42 Å². The molecule has 2 aliphatic rings. The van der Waals surface area contributed by atoms with Crippen LogP contribution in [0.4, 0.5) is 0 Å². The van der Waals surface area contributed by atoms with Crippen molar-refractivity contribution in [1.29, 1.82) is 0 Å². The van der Waals surface area contributed by atoms with Gasteiger partial charge < -0.3 is 5.73 Å². The van der Waals surface area contributed by atoms with Crippen molar-refractivity contribution >= 4 is 9.84 Å². The molecule has 0 unspecified atom stereocenters. The van der Waals surface area contributed by atoms with Crippen LogP contribution in [0.3, 0.4) is 0 Å². The second kappa shape index (κ2) is 4.65. The summed E-state index contributed by atoms with van der Waals surface area (Å²) in [5.74, 6) is 0.405. The Balaban J connectivity index is 1.96. The van der Waals surface area contributed by atoms with Crippen LogP contribution in [0.15, 0.2) is 0 Å². The highest BCUT2D eigenvalue weighted by Gasteiger charge is 2.46. The van der Waals surface area contributed by atoms with Gasteiger partial charge in [0.25, 0.3) is 0 Å². The van der Waals surface area contributed by atoms with Crippen molar-refractivity contribution in [1.82, 2.24) is 0 Å². The summed E-state index contributed by atoms with van der Waals surface area (Å²) < 4.78 is 24.6. The zero-order valence-corrected chi connectivity index (χ0v) is 10.8. The van der Waals surface area contributed by atoms with Crippen molar-refractivity contribution in [2.75, 3.05) is 12.3 Å². The third-order valence-electron chi connectivity index (χ3n) is 4.20. The Kier molecular flexibility index (Phi) is 3.59. The summed E-state index contributed by atoms with van der Waals surface area (Å²) in [7, 11) is -2.86. The molecule has 0 aromatic carbocycles. The van der Waals surface area contributed by atoms with Crippen LogP contribution in [0.2, 0.25) is 0 Å². The van der Waals surface area contributed by atoms with Gasteiger partial charge in [0.05, 0.1) is 11.0 Å². The van der Waals surface area contributed by atoms with Gasteiger partial charge in [0.2, 0.25) is 0 Å². The Bertz CT molecular complexity index is 327. The van der Waals surface area contributed by atoms with E-state index in [-0.39, 0.29) is 10.7 Å². The zero-order valence-electron chi connectivity index (χ0n) is 9.95. The standard InChI is InChI=1S/C12H23NO2S/c13-9-8-12(6-7-12)10-16(14,15)11-4-2-1-3-5-11/h11H,1-10,13H2. The molecule has 0 radical (unpaired) electrons. The van der Waals surface area contributed by atoms with E-state index in [2.05, 4.69) is 0 Å². The lowest BCUT2D eigenvalue weighted by Gasteiger charge is -2.24. The molecule has 16 heavy (non-hydrogen) atoms.